The minimum absolute atomic E-state index is 0.0621. The highest BCUT2D eigenvalue weighted by Crippen LogP contribution is 2.33. The standard InChI is InChI=1S/C20H15F3N2O6/c1-31-15(26)8-13(10-2-4-11(5-3-10)19(29)30)16-17(27)24-14-7-6-12(20(21,22)23)9-25(14)18(16)28/h2-7,9,13,27H,8H2,1H3,(H,29,30)/t13-/m1/s1. The summed E-state index contributed by atoms with van der Waals surface area (Å²) in [5.74, 6) is -3.88. The normalized spacial score (nSPS) is 12.5. The number of carboxylic acids is 1. The largest absolute Gasteiger partial charge is 0.493 e. The summed E-state index contributed by atoms with van der Waals surface area (Å²) in [5.41, 5.74) is -2.56. The van der Waals surface area contributed by atoms with Gasteiger partial charge in [0.25, 0.3) is 5.56 Å². The second-order valence-electron chi connectivity index (χ2n) is 6.56. The second kappa shape index (κ2) is 8.09. The lowest BCUT2D eigenvalue weighted by atomic mass is 9.89. The molecule has 2 N–H and O–H groups in total. The Morgan fingerprint density at radius 2 is 1.81 bits per heavy atom. The smallest absolute Gasteiger partial charge is 0.417 e. The van der Waals surface area contributed by atoms with E-state index < -0.39 is 53.0 Å². The van der Waals surface area contributed by atoms with Crippen LogP contribution >= 0.6 is 0 Å². The average molecular weight is 436 g/mol. The molecule has 11 heteroatoms. The first-order valence-corrected chi connectivity index (χ1v) is 8.75. The van der Waals surface area contributed by atoms with Gasteiger partial charge in [0.1, 0.15) is 5.65 Å². The number of methoxy groups -OCH3 is 1. The predicted molar refractivity (Wildman–Crippen MR) is 100 cm³/mol. The van der Waals surface area contributed by atoms with Crippen molar-refractivity contribution in [2.75, 3.05) is 7.11 Å². The van der Waals surface area contributed by atoms with Gasteiger partial charge in [0.15, 0.2) is 0 Å². The number of pyridine rings is 1. The zero-order valence-electron chi connectivity index (χ0n) is 15.9. The SMILES string of the molecule is COC(=O)C[C@H](c1ccc(C(=O)O)cc1)c1c(O)nc2ccc(C(F)(F)F)cn2c1=O. The second-order valence-corrected chi connectivity index (χ2v) is 6.56. The molecule has 1 aromatic carbocycles. The predicted octanol–water partition coefficient (Wildman–Crippen LogP) is 2.81. The third kappa shape index (κ3) is 4.34. The molecule has 0 aliphatic heterocycles. The van der Waals surface area contributed by atoms with Gasteiger partial charge in [0.05, 0.1) is 30.2 Å². The molecule has 0 spiro atoms. The van der Waals surface area contributed by atoms with Gasteiger partial charge in [-0.3, -0.25) is 14.0 Å². The number of alkyl halides is 3. The lowest BCUT2D eigenvalue weighted by Gasteiger charge is -2.18. The maximum absolute atomic E-state index is 13.1. The number of nitrogens with zero attached hydrogens (tertiary/aromatic N) is 2. The van der Waals surface area contributed by atoms with Crippen LogP contribution in [0.4, 0.5) is 13.2 Å². The van der Waals surface area contributed by atoms with Crippen molar-refractivity contribution in [2.24, 2.45) is 0 Å². The number of hydrogen-bond acceptors (Lipinski definition) is 6. The van der Waals surface area contributed by atoms with Crippen LogP contribution in [0, 0.1) is 0 Å². The fourth-order valence-corrected chi connectivity index (χ4v) is 3.11. The van der Waals surface area contributed by atoms with Crippen molar-refractivity contribution < 1.29 is 37.7 Å². The van der Waals surface area contributed by atoms with E-state index in [0.29, 0.717) is 10.6 Å². The van der Waals surface area contributed by atoms with Gasteiger partial charge in [-0.25, -0.2) is 4.79 Å². The summed E-state index contributed by atoms with van der Waals surface area (Å²) in [6.45, 7) is 0. The molecule has 3 rings (SSSR count). The summed E-state index contributed by atoms with van der Waals surface area (Å²) in [7, 11) is 1.11. The molecule has 0 unspecified atom stereocenters. The molecule has 1 atom stereocenters. The van der Waals surface area contributed by atoms with Gasteiger partial charge in [-0.05, 0) is 29.8 Å². The summed E-state index contributed by atoms with van der Waals surface area (Å²) in [6.07, 6.45) is -4.61. The van der Waals surface area contributed by atoms with Crippen molar-refractivity contribution in [3.63, 3.8) is 0 Å². The Morgan fingerprint density at radius 3 is 2.35 bits per heavy atom. The number of aromatic hydroxyl groups is 1. The van der Waals surface area contributed by atoms with Gasteiger partial charge in [0.2, 0.25) is 5.88 Å². The highest BCUT2D eigenvalue weighted by atomic mass is 19.4. The summed E-state index contributed by atoms with van der Waals surface area (Å²) in [4.78, 5) is 39.8. The van der Waals surface area contributed by atoms with Gasteiger partial charge < -0.3 is 14.9 Å². The highest BCUT2D eigenvalue weighted by molar-refractivity contribution is 5.87. The highest BCUT2D eigenvalue weighted by Gasteiger charge is 2.32. The van der Waals surface area contributed by atoms with Crippen LogP contribution in [0.2, 0.25) is 0 Å². The number of halogens is 3. The monoisotopic (exact) mass is 436 g/mol. The van der Waals surface area contributed by atoms with Crippen LogP contribution in [0.25, 0.3) is 5.65 Å². The van der Waals surface area contributed by atoms with E-state index >= 15 is 0 Å². The molecule has 0 saturated carbocycles. The van der Waals surface area contributed by atoms with E-state index in [2.05, 4.69) is 9.72 Å². The van der Waals surface area contributed by atoms with Crippen LogP contribution in [0.1, 0.15) is 39.4 Å². The number of carbonyl (C=O) groups excluding carboxylic acids is 1. The number of carbonyl (C=O) groups is 2. The van der Waals surface area contributed by atoms with Gasteiger partial charge in [-0.15, -0.1) is 0 Å². The molecule has 31 heavy (non-hydrogen) atoms. The van der Waals surface area contributed by atoms with Gasteiger partial charge in [-0.1, -0.05) is 12.1 Å². The number of carboxylic acid groups (broad SMARTS) is 1. The number of fused-ring (bicyclic) bond motifs is 1. The Morgan fingerprint density at radius 1 is 1.16 bits per heavy atom. The first-order valence-electron chi connectivity index (χ1n) is 8.75. The van der Waals surface area contributed by atoms with E-state index in [1.807, 2.05) is 0 Å². The topological polar surface area (TPSA) is 118 Å². The number of hydrogen-bond donors (Lipinski definition) is 2. The number of rotatable bonds is 5. The zero-order chi connectivity index (χ0) is 22.9. The maximum Gasteiger partial charge on any atom is 0.417 e. The molecule has 162 valence electrons. The molecule has 0 bridgehead atoms. The van der Waals surface area contributed by atoms with E-state index in [1.54, 1.807) is 0 Å². The van der Waals surface area contributed by atoms with Gasteiger partial charge in [0, 0.05) is 12.1 Å². The molecule has 0 aliphatic rings. The lowest BCUT2D eigenvalue weighted by Crippen LogP contribution is -2.25. The molecule has 0 radical (unpaired) electrons. The van der Waals surface area contributed by atoms with E-state index in [0.717, 1.165) is 19.2 Å². The molecular formula is C20H15F3N2O6. The van der Waals surface area contributed by atoms with Crippen LogP contribution < -0.4 is 5.56 Å². The van der Waals surface area contributed by atoms with Crippen molar-refractivity contribution in [3.05, 3.63) is 75.2 Å². The fraction of sp³-hybridized carbons (Fsp3) is 0.200. The number of benzene rings is 1. The summed E-state index contributed by atoms with van der Waals surface area (Å²) >= 11 is 0. The van der Waals surface area contributed by atoms with Gasteiger partial charge >= 0.3 is 18.1 Å². The van der Waals surface area contributed by atoms with Crippen molar-refractivity contribution >= 4 is 17.6 Å². The number of ether oxygens (including phenoxy) is 1. The number of aromatic carboxylic acids is 1. The fourth-order valence-electron chi connectivity index (χ4n) is 3.11. The van der Waals surface area contributed by atoms with Crippen LogP contribution in [0.3, 0.4) is 0 Å². The van der Waals surface area contributed by atoms with Crippen LogP contribution in [-0.2, 0) is 15.7 Å². The first kappa shape index (κ1) is 21.8. The molecule has 0 aliphatic carbocycles. The number of esters is 1. The van der Waals surface area contributed by atoms with E-state index in [-0.39, 0.29) is 16.8 Å². The Balaban J connectivity index is 2.24. The van der Waals surface area contributed by atoms with Crippen molar-refractivity contribution in [2.45, 2.75) is 18.5 Å². The van der Waals surface area contributed by atoms with Crippen molar-refractivity contribution in [1.29, 1.82) is 0 Å². The minimum Gasteiger partial charge on any atom is -0.493 e. The third-order valence-electron chi connectivity index (χ3n) is 4.67. The minimum atomic E-state index is -4.72. The molecule has 2 aromatic heterocycles. The Bertz CT molecular complexity index is 1220. The Hall–Kier alpha value is -3.89. The Kier molecular flexibility index (Phi) is 5.69. The van der Waals surface area contributed by atoms with Gasteiger partial charge in [-0.2, -0.15) is 18.2 Å². The lowest BCUT2D eigenvalue weighted by molar-refractivity contribution is -0.141. The van der Waals surface area contributed by atoms with Crippen LogP contribution in [0.15, 0.2) is 47.4 Å². The molecular weight excluding hydrogens is 421 g/mol. The summed E-state index contributed by atoms with van der Waals surface area (Å²) in [5, 5.41) is 19.4. The first-order chi connectivity index (χ1) is 14.5. The molecule has 0 amide bonds. The Labute approximate surface area is 172 Å². The van der Waals surface area contributed by atoms with Crippen molar-refractivity contribution in [3.8, 4) is 5.88 Å². The zero-order valence-corrected chi connectivity index (χ0v) is 15.9. The quantitative estimate of drug-likeness (QED) is 0.591. The van der Waals surface area contributed by atoms with Crippen molar-refractivity contribution in [1.82, 2.24) is 9.38 Å². The molecule has 8 nitrogen and oxygen atoms in total. The maximum atomic E-state index is 13.1. The van der Waals surface area contributed by atoms with E-state index in [1.165, 1.54) is 24.3 Å². The third-order valence-corrected chi connectivity index (χ3v) is 4.67. The van der Waals surface area contributed by atoms with Crippen LogP contribution in [0.5, 0.6) is 5.88 Å². The van der Waals surface area contributed by atoms with E-state index in [4.69, 9.17) is 5.11 Å². The average Bonchev–Trinajstić information content (AvgIpc) is 2.72. The van der Waals surface area contributed by atoms with Crippen LogP contribution in [-0.4, -0.2) is 38.6 Å². The molecule has 3 aromatic rings. The number of aromatic nitrogens is 2. The molecule has 2 heterocycles. The van der Waals surface area contributed by atoms with E-state index in [9.17, 15) is 32.7 Å². The summed E-state index contributed by atoms with van der Waals surface area (Å²) in [6, 6.07) is 6.77. The molecule has 0 saturated heterocycles. The summed E-state index contributed by atoms with van der Waals surface area (Å²) < 4.78 is 44.5. The molecule has 0 fully saturated rings.